The van der Waals surface area contributed by atoms with Gasteiger partial charge in [-0.05, 0) is 31.7 Å². The Kier molecular flexibility index (Phi) is 8.25. The van der Waals surface area contributed by atoms with Crippen molar-refractivity contribution in [2.45, 2.75) is 70.7 Å². The zero-order valence-electron chi connectivity index (χ0n) is 22.3. The standard InChI is InChI=1S/C29H35F3N2O5/c1-3-39-26(37)23-17-34(24(35)15-22(23)21-9-5-4-6-10-21)19-28(38)13-14-33(18-27(28)11-7-8-12-27)25(36)20(2)16-29(30,31)32/h4-6,9-10,15,17,20,38H,3,7-8,11-14,16,18-19H2,1-2H3/t20-,28-/m1/s1. The molecule has 1 aliphatic carbocycles. The van der Waals surface area contributed by atoms with E-state index in [2.05, 4.69) is 0 Å². The van der Waals surface area contributed by atoms with Gasteiger partial charge in [0.2, 0.25) is 5.91 Å². The Bertz CT molecular complexity index is 1250. The van der Waals surface area contributed by atoms with Crippen LogP contribution in [-0.2, 0) is 16.1 Å². The van der Waals surface area contributed by atoms with Crippen molar-refractivity contribution >= 4 is 11.9 Å². The third kappa shape index (κ3) is 6.05. The Labute approximate surface area is 225 Å². The summed E-state index contributed by atoms with van der Waals surface area (Å²) in [4.78, 5) is 40.5. The van der Waals surface area contributed by atoms with Crippen molar-refractivity contribution in [3.63, 3.8) is 0 Å². The van der Waals surface area contributed by atoms with Gasteiger partial charge in [-0.1, -0.05) is 50.1 Å². The fourth-order valence-electron chi connectivity index (χ4n) is 6.24. The molecule has 1 N–H and O–H groups in total. The minimum Gasteiger partial charge on any atom is -0.462 e. The largest absolute Gasteiger partial charge is 0.462 e. The number of pyridine rings is 1. The molecule has 2 aromatic rings. The van der Waals surface area contributed by atoms with Gasteiger partial charge in [-0.3, -0.25) is 9.59 Å². The summed E-state index contributed by atoms with van der Waals surface area (Å²) in [7, 11) is 0. The average Bonchev–Trinajstić information content (AvgIpc) is 3.36. The molecule has 2 atom stereocenters. The summed E-state index contributed by atoms with van der Waals surface area (Å²) >= 11 is 0. The van der Waals surface area contributed by atoms with E-state index in [-0.39, 0.29) is 38.2 Å². The van der Waals surface area contributed by atoms with Crippen molar-refractivity contribution < 1.29 is 32.6 Å². The van der Waals surface area contributed by atoms with E-state index in [9.17, 15) is 32.7 Å². The zero-order valence-corrected chi connectivity index (χ0v) is 22.3. The van der Waals surface area contributed by atoms with E-state index in [4.69, 9.17) is 4.74 Å². The normalized spacial score (nSPS) is 21.6. The first-order chi connectivity index (χ1) is 18.4. The van der Waals surface area contributed by atoms with Crippen LogP contribution in [0.15, 0.2) is 47.4 Å². The molecule has 1 aromatic carbocycles. The molecular weight excluding hydrogens is 513 g/mol. The van der Waals surface area contributed by atoms with Crippen LogP contribution in [0.3, 0.4) is 0 Å². The Morgan fingerprint density at radius 3 is 2.41 bits per heavy atom. The Hall–Kier alpha value is -3.14. The SMILES string of the molecule is CCOC(=O)c1cn(C[C@]2(O)CCN(C(=O)[C@H](C)CC(F)(F)F)CC23CCCC3)c(=O)cc1-c1ccccc1. The third-order valence-corrected chi connectivity index (χ3v) is 8.25. The van der Waals surface area contributed by atoms with E-state index in [1.54, 1.807) is 31.2 Å². The summed E-state index contributed by atoms with van der Waals surface area (Å²) in [5.74, 6) is -2.38. The van der Waals surface area contributed by atoms with Crippen molar-refractivity contribution in [1.29, 1.82) is 0 Å². The molecule has 2 heterocycles. The summed E-state index contributed by atoms with van der Waals surface area (Å²) in [5.41, 5.74) is -1.26. The van der Waals surface area contributed by atoms with Crippen LogP contribution in [0.1, 0.15) is 62.7 Å². The van der Waals surface area contributed by atoms with Crippen molar-refractivity contribution in [3.8, 4) is 11.1 Å². The summed E-state index contributed by atoms with van der Waals surface area (Å²) in [6.07, 6.45) is -1.33. The molecule has 1 aromatic heterocycles. The lowest BCUT2D eigenvalue weighted by atomic mass is 9.65. The number of amides is 1. The number of ether oxygens (including phenoxy) is 1. The number of aliphatic hydroxyl groups is 1. The zero-order chi connectivity index (χ0) is 28.4. The number of piperidine rings is 1. The van der Waals surface area contributed by atoms with Gasteiger partial charge in [-0.2, -0.15) is 13.2 Å². The highest BCUT2D eigenvalue weighted by Gasteiger charge is 2.56. The number of rotatable bonds is 7. The molecule has 2 aliphatic rings. The first-order valence-electron chi connectivity index (χ1n) is 13.4. The number of carbonyl (C=O) groups is 2. The molecule has 7 nitrogen and oxygen atoms in total. The molecule has 0 radical (unpaired) electrons. The molecule has 212 valence electrons. The van der Waals surface area contributed by atoms with Gasteiger partial charge in [0.25, 0.3) is 5.56 Å². The van der Waals surface area contributed by atoms with Gasteiger partial charge in [0.05, 0.1) is 30.7 Å². The minimum atomic E-state index is -4.44. The number of carbonyl (C=O) groups excluding carboxylic acids is 2. The van der Waals surface area contributed by atoms with Crippen molar-refractivity contribution in [1.82, 2.24) is 9.47 Å². The maximum Gasteiger partial charge on any atom is 0.389 e. The van der Waals surface area contributed by atoms with E-state index < -0.39 is 47.0 Å². The summed E-state index contributed by atoms with van der Waals surface area (Å²) in [6.45, 7) is 3.23. The van der Waals surface area contributed by atoms with Gasteiger partial charge in [0.1, 0.15) is 0 Å². The van der Waals surface area contributed by atoms with Crippen LogP contribution in [0.2, 0.25) is 0 Å². The molecule has 0 bridgehead atoms. The number of nitrogens with zero attached hydrogens (tertiary/aromatic N) is 2. The second kappa shape index (κ2) is 11.2. The van der Waals surface area contributed by atoms with Crippen LogP contribution in [0.25, 0.3) is 11.1 Å². The van der Waals surface area contributed by atoms with Crippen LogP contribution in [0.5, 0.6) is 0 Å². The molecule has 0 unspecified atom stereocenters. The lowest BCUT2D eigenvalue weighted by Crippen LogP contribution is -2.62. The third-order valence-electron chi connectivity index (χ3n) is 8.25. The maximum absolute atomic E-state index is 13.3. The fourth-order valence-corrected chi connectivity index (χ4v) is 6.24. The van der Waals surface area contributed by atoms with Gasteiger partial charge in [0, 0.05) is 42.2 Å². The molecule has 39 heavy (non-hydrogen) atoms. The first kappa shape index (κ1) is 28.9. The molecular formula is C29H35F3N2O5. The number of alkyl halides is 3. The number of esters is 1. The quantitative estimate of drug-likeness (QED) is 0.502. The Balaban J connectivity index is 1.66. The lowest BCUT2D eigenvalue weighted by molar-refractivity contribution is -0.172. The van der Waals surface area contributed by atoms with Crippen LogP contribution in [-0.4, -0.2) is 57.9 Å². The lowest BCUT2D eigenvalue weighted by Gasteiger charge is -2.52. The molecule has 2 fully saturated rings. The number of benzene rings is 1. The highest BCUT2D eigenvalue weighted by Crippen LogP contribution is 2.52. The first-order valence-corrected chi connectivity index (χ1v) is 13.4. The number of likely N-dealkylation sites (tertiary alicyclic amines) is 1. The van der Waals surface area contributed by atoms with E-state index in [1.165, 1.54) is 28.7 Å². The minimum absolute atomic E-state index is 0.0842. The van der Waals surface area contributed by atoms with E-state index >= 15 is 0 Å². The molecule has 10 heteroatoms. The number of halogens is 3. The van der Waals surface area contributed by atoms with Gasteiger partial charge >= 0.3 is 12.1 Å². The van der Waals surface area contributed by atoms with E-state index in [0.717, 1.165) is 12.8 Å². The van der Waals surface area contributed by atoms with Crippen LogP contribution in [0.4, 0.5) is 13.2 Å². The second-order valence-corrected chi connectivity index (χ2v) is 10.9. The van der Waals surface area contributed by atoms with Crippen LogP contribution in [0, 0.1) is 11.3 Å². The fraction of sp³-hybridized carbons (Fsp3) is 0.552. The van der Waals surface area contributed by atoms with Crippen LogP contribution < -0.4 is 5.56 Å². The average molecular weight is 549 g/mol. The van der Waals surface area contributed by atoms with Gasteiger partial charge in [-0.15, -0.1) is 0 Å². The monoisotopic (exact) mass is 548 g/mol. The van der Waals surface area contributed by atoms with Gasteiger partial charge < -0.3 is 19.3 Å². The smallest absolute Gasteiger partial charge is 0.389 e. The van der Waals surface area contributed by atoms with Crippen molar-refractivity contribution in [2.24, 2.45) is 11.3 Å². The predicted octanol–water partition coefficient (Wildman–Crippen LogP) is 4.80. The second-order valence-electron chi connectivity index (χ2n) is 10.9. The highest BCUT2D eigenvalue weighted by atomic mass is 19.4. The molecule has 1 amide bonds. The summed E-state index contributed by atoms with van der Waals surface area (Å²) in [5, 5.41) is 12.0. The predicted molar refractivity (Wildman–Crippen MR) is 139 cm³/mol. The van der Waals surface area contributed by atoms with E-state index in [0.29, 0.717) is 24.0 Å². The van der Waals surface area contributed by atoms with Gasteiger partial charge in [0.15, 0.2) is 0 Å². The van der Waals surface area contributed by atoms with Gasteiger partial charge in [-0.25, -0.2) is 4.79 Å². The molecule has 1 saturated heterocycles. The Morgan fingerprint density at radius 2 is 1.79 bits per heavy atom. The van der Waals surface area contributed by atoms with Crippen molar-refractivity contribution in [2.75, 3.05) is 19.7 Å². The Morgan fingerprint density at radius 1 is 1.13 bits per heavy atom. The topological polar surface area (TPSA) is 88.8 Å². The number of aromatic nitrogens is 1. The molecule has 1 aliphatic heterocycles. The number of hydrogen-bond donors (Lipinski definition) is 1. The summed E-state index contributed by atoms with van der Waals surface area (Å²) < 4.78 is 45.4. The highest BCUT2D eigenvalue weighted by molar-refractivity contribution is 5.96. The maximum atomic E-state index is 13.3. The molecule has 1 saturated carbocycles. The summed E-state index contributed by atoms with van der Waals surface area (Å²) in [6, 6.07) is 10.4. The van der Waals surface area contributed by atoms with Crippen LogP contribution >= 0.6 is 0 Å². The molecule has 4 rings (SSSR count). The number of hydrogen-bond acceptors (Lipinski definition) is 5. The molecule has 1 spiro atoms. The van der Waals surface area contributed by atoms with Crippen molar-refractivity contribution in [3.05, 3.63) is 58.5 Å². The van der Waals surface area contributed by atoms with E-state index in [1.807, 2.05) is 6.07 Å².